The molecule has 8 N–H and O–H groups in total. The lowest BCUT2D eigenvalue weighted by Gasteiger charge is -2.32. The predicted molar refractivity (Wildman–Crippen MR) is 244 cm³/mol. The summed E-state index contributed by atoms with van der Waals surface area (Å²) in [6.45, 7) is 0. The Kier molecular flexibility index (Phi) is 9.06. The fraction of sp³-hybridized carbons (Fsp3) is 0.0769. The topological polar surface area (TPSA) is 170 Å². The molecular weight excluding hydrogens is 781 g/mol. The molecule has 0 saturated carbocycles. The third-order valence-corrected chi connectivity index (χ3v) is 12.0. The van der Waals surface area contributed by atoms with E-state index in [1.165, 1.54) is 0 Å². The Balaban J connectivity index is 1.30. The van der Waals surface area contributed by atoms with E-state index in [9.17, 15) is 40.9 Å². The molecule has 306 valence electrons. The summed E-state index contributed by atoms with van der Waals surface area (Å²) in [5.41, 5.74) is 3.95. The molecule has 10 rings (SSSR count). The van der Waals surface area contributed by atoms with E-state index in [0.717, 1.165) is 52.0 Å². The van der Waals surface area contributed by atoms with Gasteiger partial charge in [0.2, 0.25) is 5.75 Å². The minimum Gasteiger partial charge on any atom is -0.505 e. The molecule has 0 atom stereocenters. The van der Waals surface area contributed by atoms with Crippen molar-refractivity contribution >= 4 is 50.9 Å². The second kappa shape index (κ2) is 14.8. The number of phenols is 8. The number of benzene rings is 7. The highest BCUT2D eigenvalue weighted by Crippen LogP contribution is 2.64. The van der Waals surface area contributed by atoms with Gasteiger partial charge in [-0.2, -0.15) is 0 Å². The summed E-state index contributed by atoms with van der Waals surface area (Å²) in [4.78, 5) is 1.09. The smallest absolute Gasteiger partial charge is 0.203 e. The average molecular weight is 821 g/mol. The van der Waals surface area contributed by atoms with Crippen molar-refractivity contribution in [1.82, 2.24) is 4.57 Å². The normalized spacial score (nSPS) is 13.2. The molecule has 0 radical (unpaired) electrons. The van der Waals surface area contributed by atoms with Crippen molar-refractivity contribution in [2.45, 2.75) is 25.7 Å². The summed E-state index contributed by atoms with van der Waals surface area (Å²) in [6.07, 6.45) is 14.2. The standard InChI is InChI=1S/C52H40N2O8/c55-45-42(36-25-14-28-39-40(36)35-23-8-3-9-26-38(35)53(39)31-19-5-2-6-20-31)48(58)52(62)51(61)43(45)54(37-27-13-18-30-15-4-1-7-22-33(30)37)44-49(59)46(56)41(47(57)50(44)60)34-24-12-17-29-16-10-11-21-32(29)34/h1-2,4-8,10-21,23-25,27-28,55-62H,3,9,22,26H2. The lowest BCUT2D eigenvalue weighted by Crippen LogP contribution is -2.14. The highest BCUT2D eigenvalue weighted by Gasteiger charge is 2.37. The minimum atomic E-state index is -1.01. The first-order valence-corrected chi connectivity index (χ1v) is 20.3. The van der Waals surface area contributed by atoms with Crippen LogP contribution in [0.15, 0.2) is 133 Å². The van der Waals surface area contributed by atoms with Gasteiger partial charge in [-0.15, -0.1) is 0 Å². The molecule has 10 nitrogen and oxygen atoms in total. The van der Waals surface area contributed by atoms with E-state index in [4.69, 9.17) is 0 Å². The second-order valence-electron chi connectivity index (χ2n) is 15.5. The molecule has 0 aliphatic heterocycles. The highest BCUT2D eigenvalue weighted by atomic mass is 16.3. The summed E-state index contributed by atoms with van der Waals surface area (Å²) in [6, 6.07) is 32.8. The number of aromatic nitrogens is 1. The maximum Gasteiger partial charge on any atom is 0.203 e. The predicted octanol–water partition coefficient (Wildman–Crippen LogP) is 11.7. The number of nitrogens with zero attached hydrogens (tertiary/aromatic N) is 2. The van der Waals surface area contributed by atoms with Crippen LogP contribution in [-0.2, 0) is 12.8 Å². The lowest BCUT2D eigenvalue weighted by molar-refractivity contribution is 0.363. The molecule has 0 fully saturated rings. The van der Waals surface area contributed by atoms with Crippen LogP contribution in [-0.4, -0.2) is 45.4 Å². The summed E-state index contributed by atoms with van der Waals surface area (Å²) < 4.78 is 2.14. The van der Waals surface area contributed by atoms with Crippen LogP contribution in [0.5, 0.6) is 46.0 Å². The lowest BCUT2D eigenvalue weighted by atomic mass is 9.93. The van der Waals surface area contributed by atoms with Crippen molar-refractivity contribution in [1.29, 1.82) is 0 Å². The first-order valence-electron chi connectivity index (χ1n) is 20.3. The van der Waals surface area contributed by atoms with Crippen molar-refractivity contribution in [3.05, 3.63) is 156 Å². The number of hydrogen-bond donors (Lipinski definition) is 8. The molecule has 0 amide bonds. The SMILES string of the molecule is Oc1c(O)c(-c2cccc3c2c2c(n3-c3ccccc3)CCCC=C2)c(O)c(N(c2cccc3c2CC=CC=C3)c2c(O)c(O)c(-c3cccc4ccccc34)c(O)c2O)c1O. The number of fused-ring (bicyclic) bond motifs is 5. The van der Waals surface area contributed by atoms with E-state index in [0.29, 0.717) is 39.4 Å². The number of phenolic OH excluding ortho intramolecular Hbond substituents is 8. The van der Waals surface area contributed by atoms with Gasteiger partial charge in [-0.05, 0) is 83.0 Å². The number of para-hydroxylation sites is 1. The summed E-state index contributed by atoms with van der Waals surface area (Å²) >= 11 is 0. The van der Waals surface area contributed by atoms with Gasteiger partial charge < -0.3 is 45.4 Å². The number of anilines is 3. The van der Waals surface area contributed by atoms with E-state index in [1.807, 2.05) is 91.0 Å². The maximum absolute atomic E-state index is 12.8. The molecule has 2 aliphatic rings. The minimum absolute atomic E-state index is 0.188. The van der Waals surface area contributed by atoms with E-state index in [-0.39, 0.29) is 16.8 Å². The van der Waals surface area contributed by atoms with Gasteiger partial charge in [-0.1, -0.05) is 121 Å². The molecule has 0 unspecified atom stereocenters. The summed E-state index contributed by atoms with van der Waals surface area (Å²) in [7, 11) is 0. The number of allylic oxidation sites excluding steroid dienone is 4. The fourth-order valence-corrected chi connectivity index (χ4v) is 9.22. The van der Waals surface area contributed by atoms with Gasteiger partial charge in [-0.3, -0.25) is 4.90 Å². The molecule has 7 aromatic carbocycles. The first kappa shape index (κ1) is 38.0. The number of hydrogen-bond acceptors (Lipinski definition) is 9. The van der Waals surface area contributed by atoms with Gasteiger partial charge in [0.1, 0.15) is 11.4 Å². The number of aromatic hydroxyl groups is 8. The Bertz CT molecular complexity index is 3200. The van der Waals surface area contributed by atoms with Gasteiger partial charge in [0, 0.05) is 22.3 Å². The molecular formula is C52H40N2O8. The molecule has 0 spiro atoms. The Labute approximate surface area is 355 Å². The van der Waals surface area contributed by atoms with E-state index < -0.39 is 57.4 Å². The molecule has 0 bridgehead atoms. The zero-order chi connectivity index (χ0) is 42.8. The average Bonchev–Trinajstić information content (AvgIpc) is 3.48. The van der Waals surface area contributed by atoms with Crippen LogP contribution < -0.4 is 4.90 Å². The maximum atomic E-state index is 12.8. The Morgan fingerprint density at radius 1 is 0.516 bits per heavy atom. The van der Waals surface area contributed by atoms with Crippen LogP contribution in [0.4, 0.5) is 17.1 Å². The molecule has 2 aliphatic carbocycles. The van der Waals surface area contributed by atoms with Crippen molar-refractivity contribution in [2.24, 2.45) is 0 Å². The van der Waals surface area contributed by atoms with Crippen LogP contribution in [0.2, 0.25) is 0 Å². The Morgan fingerprint density at radius 3 is 1.97 bits per heavy atom. The second-order valence-corrected chi connectivity index (χ2v) is 15.5. The van der Waals surface area contributed by atoms with Gasteiger partial charge >= 0.3 is 0 Å². The molecule has 62 heavy (non-hydrogen) atoms. The van der Waals surface area contributed by atoms with Crippen LogP contribution in [0.3, 0.4) is 0 Å². The zero-order valence-corrected chi connectivity index (χ0v) is 33.2. The molecule has 1 heterocycles. The Hall–Kier alpha value is -8.24. The van der Waals surface area contributed by atoms with Gasteiger partial charge in [0.05, 0.1) is 22.3 Å². The van der Waals surface area contributed by atoms with Crippen LogP contribution >= 0.6 is 0 Å². The van der Waals surface area contributed by atoms with E-state index in [2.05, 4.69) is 10.6 Å². The molecule has 0 saturated heterocycles. The van der Waals surface area contributed by atoms with Gasteiger partial charge in [0.25, 0.3) is 0 Å². The summed E-state index contributed by atoms with van der Waals surface area (Å²) in [5.74, 6) is -7.00. The largest absolute Gasteiger partial charge is 0.505 e. The van der Waals surface area contributed by atoms with Crippen molar-refractivity contribution in [3.8, 4) is 73.9 Å². The molecule has 1 aromatic heterocycles. The van der Waals surface area contributed by atoms with Crippen LogP contribution in [0.25, 0.3) is 61.8 Å². The summed E-state index contributed by atoms with van der Waals surface area (Å²) in [5, 5.41) is 98.7. The van der Waals surface area contributed by atoms with Gasteiger partial charge in [-0.25, -0.2) is 0 Å². The molecule has 10 heteroatoms. The monoisotopic (exact) mass is 820 g/mol. The van der Waals surface area contributed by atoms with Crippen molar-refractivity contribution < 1.29 is 40.9 Å². The molecule has 8 aromatic rings. The first-order chi connectivity index (χ1) is 30.2. The van der Waals surface area contributed by atoms with Crippen molar-refractivity contribution in [2.75, 3.05) is 4.90 Å². The van der Waals surface area contributed by atoms with E-state index in [1.54, 1.807) is 48.5 Å². The number of rotatable bonds is 6. The van der Waals surface area contributed by atoms with Crippen LogP contribution in [0.1, 0.15) is 35.2 Å². The zero-order valence-electron chi connectivity index (χ0n) is 33.2. The van der Waals surface area contributed by atoms with E-state index >= 15 is 0 Å². The highest BCUT2D eigenvalue weighted by molar-refractivity contribution is 6.09. The van der Waals surface area contributed by atoms with Crippen LogP contribution in [0, 0.1) is 0 Å². The third-order valence-electron chi connectivity index (χ3n) is 12.0. The third kappa shape index (κ3) is 5.72. The van der Waals surface area contributed by atoms with Gasteiger partial charge in [0.15, 0.2) is 40.2 Å². The quantitative estimate of drug-likeness (QED) is 0.0601. The van der Waals surface area contributed by atoms with Crippen molar-refractivity contribution in [3.63, 3.8) is 0 Å². The fourth-order valence-electron chi connectivity index (χ4n) is 9.22. The Morgan fingerprint density at radius 2 is 1.16 bits per heavy atom.